The second-order valence-electron chi connectivity index (χ2n) is 11.4. The van der Waals surface area contributed by atoms with E-state index in [9.17, 15) is 4.79 Å². The van der Waals surface area contributed by atoms with E-state index in [0.717, 1.165) is 41.7 Å². The van der Waals surface area contributed by atoms with Gasteiger partial charge in [-0.2, -0.15) is 0 Å². The highest BCUT2D eigenvalue weighted by Gasteiger charge is 2.34. The molecule has 36 heavy (non-hydrogen) atoms. The predicted octanol–water partition coefficient (Wildman–Crippen LogP) is 10.0. The summed E-state index contributed by atoms with van der Waals surface area (Å²) in [7, 11) is 0. The van der Waals surface area contributed by atoms with E-state index in [-0.39, 0.29) is 11.6 Å². The highest BCUT2D eigenvalue weighted by molar-refractivity contribution is 5.72. The van der Waals surface area contributed by atoms with Crippen LogP contribution in [0.5, 0.6) is 11.5 Å². The van der Waals surface area contributed by atoms with Gasteiger partial charge in [0.25, 0.3) is 0 Å². The number of unbranched alkanes of at least 4 members (excludes halogenated alkanes) is 13. The van der Waals surface area contributed by atoms with Gasteiger partial charge in [0.15, 0.2) is 0 Å². The van der Waals surface area contributed by atoms with Crippen molar-refractivity contribution in [3.8, 4) is 11.5 Å². The number of allylic oxidation sites excluding steroid dienone is 1. The van der Waals surface area contributed by atoms with Crippen molar-refractivity contribution in [3.05, 3.63) is 34.4 Å². The van der Waals surface area contributed by atoms with Gasteiger partial charge in [-0.25, -0.2) is 0 Å². The molecule has 0 saturated heterocycles. The van der Waals surface area contributed by atoms with Crippen LogP contribution in [0.2, 0.25) is 0 Å². The van der Waals surface area contributed by atoms with Crippen molar-refractivity contribution in [1.82, 2.24) is 0 Å². The van der Waals surface area contributed by atoms with Gasteiger partial charge in [-0.1, -0.05) is 96.1 Å². The van der Waals surface area contributed by atoms with Gasteiger partial charge in [-0.05, 0) is 70.1 Å². The van der Waals surface area contributed by atoms with E-state index in [1.807, 2.05) is 13.8 Å². The lowest BCUT2D eigenvalue weighted by atomic mass is 9.85. The van der Waals surface area contributed by atoms with Crippen molar-refractivity contribution in [2.75, 3.05) is 0 Å². The summed E-state index contributed by atoms with van der Waals surface area (Å²) in [6.45, 7) is 12.1. The summed E-state index contributed by atoms with van der Waals surface area (Å²) in [6.07, 6.45) is 27.0. The van der Waals surface area contributed by atoms with Crippen LogP contribution in [0.1, 0.15) is 146 Å². The molecule has 3 heteroatoms. The number of esters is 1. The summed E-state index contributed by atoms with van der Waals surface area (Å²) in [5.41, 5.74) is 4.16. The van der Waals surface area contributed by atoms with Crippen LogP contribution in [-0.4, -0.2) is 11.6 Å². The smallest absolute Gasteiger partial charge is 0.308 e. The standard InChI is InChI=1S/C33H54O3/c1-7-8-9-10-11-12-13-14-15-16-17-18-19-20-21-22-24-33(6)25-23-30-28(4)31(35-29(5)34)26(2)27(3)32(30)36-33/h21-22H,7-20,23-25H2,1-6H3/t33-/m1/s1. The minimum Gasteiger partial charge on any atom is -0.487 e. The molecule has 0 aliphatic carbocycles. The molecule has 0 bridgehead atoms. The van der Waals surface area contributed by atoms with Gasteiger partial charge in [-0.3, -0.25) is 4.79 Å². The van der Waals surface area contributed by atoms with E-state index in [1.165, 1.54) is 102 Å². The summed E-state index contributed by atoms with van der Waals surface area (Å²) in [6, 6.07) is 0. The van der Waals surface area contributed by atoms with E-state index >= 15 is 0 Å². The number of ether oxygens (including phenoxy) is 2. The highest BCUT2D eigenvalue weighted by atomic mass is 16.5. The predicted molar refractivity (Wildman–Crippen MR) is 153 cm³/mol. The van der Waals surface area contributed by atoms with Gasteiger partial charge >= 0.3 is 5.97 Å². The molecule has 3 nitrogen and oxygen atoms in total. The second-order valence-corrected chi connectivity index (χ2v) is 11.4. The average molecular weight is 499 g/mol. The molecule has 1 aromatic rings. The van der Waals surface area contributed by atoms with Crippen LogP contribution in [-0.2, 0) is 11.2 Å². The second kappa shape index (κ2) is 16.2. The highest BCUT2D eigenvalue weighted by Crippen LogP contribution is 2.44. The van der Waals surface area contributed by atoms with E-state index in [0.29, 0.717) is 5.75 Å². The number of benzene rings is 1. The molecule has 1 aliphatic rings. The molecular formula is C33H54O3. The molecule has 0 amide bonds. The van der Waals surface area contributed by atoms with Crippen molar-refractivity contribution < 1.29 is 14.3 Å². The number of hydrogen-bond donors (Lipinski definition) is 0. The van der Waals surface area contributed by atoms with E-state index in [4.69, 9.17) is 9.47 Å². The largest absolute Gasteiger partial charge is 0.487 e. The zero-order chi connectivity index (χ0) is 26.4. The molecule has 0 saturated carbocycles. The monoisotopic (exact) mass is 498 g/mol. The fourth-order valence-electron chi connectivity index (χ4n) is 5.45. The summed E-state index contributed by atoms with van der Waals surface area (Å²) in [5, 5.41) is 0. The van der Waals surface area contributed by atoms with Crippen LogP contribution in [0.4, 0.5) is 0 Å². The summed E-state index contributed by atoms with van der Waals surface area (Å²) < 4.78 is 12.1. The third kappa shape index (κ3) is 9.94. The Hall–Kier alpha value is -1.77. The van der Waals surface area contributed by atoms with Gasteiger partial charge in [0.2, 0.25) is 0 Å². The number of carbonyl (C=O) groups is 1. The Kier molecular flexibility index (Phi) is 13.7. The van der Waals surface area contributed by atoms with Crippen molar-refractivity contribution in [2.24, 2.45) is 0 Å². The quantitative estimate of drug-likeness (QED) is 0.0927. The lowest BCUT2D eigenvalue weighted by molar-refractivity contribution is -0.132. The number of fused-ring (bicyclic) bond motifs is 1. The maximum absolute atomic E-state index is 11.6. The Labute approximate surface area is 222 Å². The maximum atomic E-state index is 11.6. The van der Waals surface area contributed by atoms with E-state index in [2.05, 4.69) is 32.9 Å². The molecular weight excluding hydrogens is 444 g/mol. The first-order valence-corrected chi connectivity index (χ1v) is 14.9. The van der Waals surface area contributed by atoms with Crippen LogP contribution in [0.25, 0.3) is 0 Å². The normalized spacial score (nSPS) is 17.3. The maximum Gasteiger partial charge on any atom is 0.308 e. The minimum atomic E-state index is -0.268. The molecule has 0 radical (unpaired) electrons. The first-order chi connectivity index (χ1) is 17.3. The van der Waals surface area contributed by atoms with Crippen molar-refractivity contribution >= 4 is 5.97 Å². The molecule has 204 valence electrons. The van der Waals surface area contributed by atoms with Gasteiger partial charge in [-0.15, -0.1) is 0 Å². The van der Waals surface area contributed by atoms with Gasteiger partial charge in [0, 0.05) is 18.9 Å². The number of hydrogen-bond acceptors (Lipinski definition) is 3. The third-order valence-electron chi connectivity index (χ3n) is 8.00. The minimum absolute atomic E-state index is 0.175. The molecule has 1 aliphatic heterocycles. The lowest BCUT2D eigenvalue weighted by Crippen LogP contribution is -2.36. The number of rotatable bonds is 17. The van der Waals surface area contributed by atoms with E-state index in [1.54, 1.807) is 0 Å². The van der Waals surface area contributed by atoms with Gasteiger partial charge in [0.1, 0.15) is 17.1 Å². The fourth-order valence-corrected chi connectivity index (χ4v) is 5.45. The molecule has 1 atom stereocenters. The van der Waals surface area contributed by atoms with Crippen LogP contribution in [0, 0.1) is 20.8 Å². The lowest BCUT2D eigenvalue weighted by Gasteiger charge is -2.37. The van der Waals surface area contributed by atoms with E-state index < -0.39 is 0 Å². The third-order valence-corrected chi connectivity index (χ3v) is 8.00. The zero-order valence-corrected chi connectivity index (χ0v) is 24.4. The van der Waals surface area contributed by atoms with Crippen LogP contribution < -0.4 is 9.47 Å². The van der Waals surface area contributed by atoms with Crippen LogP contribution in [0.3, 0.4) is 0 Å². The first-order valence-electron chi connectivity index (χ1n) is 14.9. The Morgan fingerprint density at radius 1 is 0.833 bits per heavy atom. The molecule has 0 aromatic heterocycles. The zero-order valence-electron chi connectivity index (χ0n) is 24.4. The topological polar surface area (TPSA) is 35.5 Å². The fraction of sp³-hybridized carbons (Fsp3) is 0.727. The Morgan fingerprint density at radius 2 is 1.39 bits per heavy atom. The molecule has 2 rings (SSSR count). The summed E-state index contributed by atoms with van der Waals surface area (Å²) in [5.74, 6) is 1.44. The molecule has 0 spiro atoms. The van der Waals surface area contributed by atoms with Crippen molar-refractivity contribution in [1.29, 1.82) is 0 Å². The molecule has 0 N–H and O–H groups in total. The summed E-state index contributed by atoms with van der Waals surface area (Å²) in [4.78, 5) is 11.6. The molecule has 0 fully saturated rings. The first kappa shape index (κ1) is 30.5. The molecule has 1 aromatic carbocycles. The molecule has 0 unspecified atom stereocenters. The van der Waals surface area contributed by atoms with Crippen molar-refractivity contribution in [3.63, 3.8) is 0 Å². The average Bonchev–Trinajstić information content (AvgIpc) is 2.85. The molecule has 1 heterocycles. The van der Waals surface area contributed by atoms with Crippen LogP contribution >= 0.6 is 0 Å². The van der Waals surface area contributed by atoms with Crippen LogP contribution in [0.15, 0.2) is 12.2 Å². The Morgan fingerprint density at radius 3 is 1.94 bits per heavy atom. The number of carbonyl (C=O) groups excluding carboxylic acids is 1. The van der Waals surface area contributed by atoms with Crippen molar-refractivity contribution in [2.45, 2.75) is 156 Å². The summed E-state index contributed by atoms with van der Waals surface area (Å²) >= 11 is 0. The van der Waals surface area contributed by atoms with Gasteiger partial charge < -0.3 is 9.47 Å². The Bertz CT molecular complexity index is 838. The SMILES string of the molecule is CCCCCCCCCCCCCCCC=CC[C@]1(C)CCc2c(C)c(OC(C)=O)c(C)c(C)c2O1. The van der Waals surface area contributed by atoms with Gasteiger partial charge in [0.05, 0.1) is 0 Å². The Balaban J connectivity index is 1.64.